The van der Waals surface area contributed by atoms with Gasteiger partial charge in [-0.25, -0.2) is 0 Å². The fourth-order valence-electron chi connectivity index (χ4n) is 1.82. The van der Waals surface area contributed by atoms with Gasteiger partial charge < -0.3 is 48.2 Å². The third-order valence-corrected chi connectivity index (χ3v) is 6.89. The molecule has 0 aliphatic rings. The number of ether oxygens (including phenoxy) is 4. The van der Waals surface area contributed by atoms with E-state index >= 15 is 0 Å². The number of hydrogen-bond acceptors (Lipinski definition) is 10. The second-order valence-corrected chi connectivity index (χ2v) is 11.2. The van der Waals surface area contributed by atoms with Gasteiger partial charge in [0.2, 0.25) is 0 Å². The third-order valence-electron chi connectivity index (χ3n) is 3.70. The van der Waals surface area contributed by atoms with Gasteiger partial charge in [-0.15, -0.1) is 0 Å². The molecule has 0 saturated carbocycles. The van der Waals surface area contributed by atoms with Crippen molar-refractivity contribution in [1.29, 1.82) is 0 Å². The molecule has 0 heterocycles. The van der Waals surface area contributed by atoms with E-state index in [0.29, 0.717) is 39.6 Å². The van der Waals surface area contributed by atoms with Crippen LogP contribution in [0.1, 0.15) is 13.8 Å². The molecular formula is C17H39NO11P2. The Labute approximate surface area is 184 Å². The van der Waals surface area contributed by atoms with Crippen LogP contribution in [-0.4, -0.2) is 112 Å². The average Bonchev–Trinajstić information content (AvgIpc) is 2.71. The van der Waals surface area contributed by atoms with Crippen molar-refractivity contribution < 1.29 is 52.0 Å². The summed E-state index contributed by atoms with van der Waals surface area (Å²) in [7, 11) is -5.58. The van der Waals surface area contributed by atoms with E-state index in [1.54, 1.807) is 20.9 Å². The lowest BCUT2D eigenvalue weighted by atomic mass is 10.4. The van der Waals surface area contributed by atoms with Gasteiger partial charge in [-0.05, 0) is 7.05 Å². The molecule has 0 aromatic rings. The predicted octanol–water partition coefficient (Wildman–Crippen LogP) is 0.446. The van der Waals surface area contributed by atoms with Crippen LogP contribution in [0, 0.1) is 0 Å². The second kappa shape index (κ2) is 18.5. The lowest BCUT2D eigenvalue weighted by Crippen LogP contribution is -2.23. The first-order valence-corrected chi connectivity index (χ1v) is 13.6. The Morgan fingerprint density at radius 1 is 0.774 bits per heavy atom. The Bertz CT molecular complexity index is 524. The molecule has 12 nitrogen and oxygen atoms in total. The zero-order valence-corrected chi connectivity index (χ0v) is 20.4. The smallest absolute Gasteiger partial charge is 0.330 e. The minimum atomic E-state index is -3.70. The van der Waals surface area contributed by atoms with Gasteiger partial charge in [0, 0.05) is 6.54 Å². The van der Waals surface area contributed by atoms with Crippen molar-refractivity contribution >= 4 is 15.2 Å². The van der Waals surface area contributed by atoms with Crippen molar-refractivity contribution in [3.05, 3.63) is 0 Å². The normalized spacial score (nSPS) is 16.9. The summed E-state index contributed by atoms with van der Waals surface area (Å²) >= 11 is 0. The average molecular weight is 495 g/mol. The largest absolute Gasteiger partial charge is 0.388 e. The summed E-state index contributed by atoms with van der Waals surface area (Å²) in [6.07, 6.45) is -1.03. The summed E-state index contributed by atoms with van der Waals surface area (Å²) < 4.78 is 53.9. The van der Waals surface area contributed by atoms with E-state index in [-0.39, 0.29) is 39.2 Å². The maximum atomic E-state index is 11.6. The molecule has 0 amide bonds. The van der Waals surface area contributed by atoms with Crippen molar-refractivity contribution in [2.75, 3.05) is 85.8 Å². The van der Waals surface area contributed by atoms with Crippen molar-refractivity contribution in [2.45, 2.75) is 25.6 Å². The fourth-order valence-corrected chi connectivity index (χ4v) is 3.50. The van der Waals surface area contributed by atoms with Crippen LogP contribution < -0.4 is 5.32 Å². The van der Waals surface area contributed by atoms with Crippen LogP contribution in [0.3, 0.4) is 0 Å². The SMILES string of the molecule is CNCCP(=O)(O)OCC(O)COCCOCCOCCOCCOP(=O)(O)C(C)C. The highest BCUT2D eigenvalue weighted by atomic mass is 31.2. The molecule has 0 rings (SSSR count). The fraction of sp³-hybridized carbons (Fsp3) is 1.00. The van der Waals surface area contributed by atoms with Gasteiger partial charge in [-0.2, -0.15) is 0 Å². The van der Waals surface area contributed by atoms with Gasteiger partial charge in [0.25, 0.3) is 0 Å². The van der Waals surface area contributed by atoms with Crippen LogP contribution in [0.25, 0.3) is 0 Å². The van der Waals surface area contributed by atoms with E-state index in [4.69, 9.17) is 28.0 Å². The first kappa shape index (κ1) is 31.1. The standard InChI is InChI=1S/C17H39NO11P2/c1-16(2)31(22,23)28-12-11-26-8-7-24-5-6-25-9-10-27-14-17(19)15-29-30(20,21)13-4-18-3/h16-19H,4-15H2,1-3H3,(H,20,21)(H,22,23). The molecule has 0 radical (unpaired) electrons. The molecule has 188 valence electrons. The Morgan fingerprint density at radius 3 is 1.74 bits per heavy atom. The Hall–Kier alpha value is 0.0600. The summed E-state index contributed by atoms with van der Waals surface area (Å²) in [6.45, 7) is 5.50. The lowest BCUT2D eigenvalue weighted by Gasteiger charge is -2.15. The second-order valence-electron chi connectivity index (χ2n) is 6.82. The molecule has 4 N–H and O–H groups in total. The molecule has 0 fully saturated rings. The van der Waals surface area contributed by atoms with Gasteiger partial charge in [0.05, 0.1) is 77.9 Å². The molecule has 0 aromatic carbocycles. The molecule has 0 aromatic heterocycles. The molecule has 14 heteroatoms. The molecule has 0 aliphatic heterocycles. The van der Waals surface area contributed by atoms with E-state index in [2.05, 4.69) is 5.32 Å². The predicted molar refractivity (Wildman–Crippen MR) is 115 cm³/mol. The van der Waals surface area contributed by atoms with Crippen LogP contribution in [-0.2, 0) is 37.1 Å². The van der Waals surface area contributed by atoms with Crippen LogP contribution in [0.2, 0.25) is 0 Å². The molecule has 0 saturated heterocycles. The van der Waals surface area contributed by atoms with Crippen molar-refractivity contribution in [2.24, 2.45) is 0 Å². The molecule has 3 unspecified atom stereocenters. The minimum Gasteiger partial charge on any atom is -0.388 e. The number of rotatable bonds is 22. The summed E-state index contributed by atoms with van der Waals surface area (Å²) in [5.41, 5.74) is -0.444. The Kier molecular flexibility index (Phi) is 18.5. The Morgan fingerprint density at radius 2 is 1.26 bits per heavy atom. The van der Waals surface area contributed by atoms with Gasteiger partial charge >= 0.3 is 15.2 Å². The van der Waals surface area contributed by atoms with E-state index in [0.717, 1.165) is 0 Å². The van der Waals surface area contributed by atoms with Gasteiger partial charge in [0.1, 0.15) is 6.10 Å². The highest BCUT2D eigenvalue weighted by Crippen LogP contribution is 2.46. The number of hydrogen-bond donors (Lipinski definition) is 4. The molecule has 31 heavy (non-hydrogen) atoms. The zero-order chi connectivity index (χ0) is 23.6. The number of aliphatic hydroxyl groups excluding tert-OH is 1. The zero-order valence-electron chi connectivity index (χ0n) is 18.6. The van der Waals surface area contributed by atoms with Crippen LogP contribution >= 0.6 is 15.2 Å². The lowest BCUT2D eigenvalue weighted by molar-refractivity contribution is -0.0258. The van der Waals surface area contributed by atoms with Crippen LogP contribution in [0.4, 0.5) is 0 Å². The quantitative estimate of drug-likeness (QED) is 0.121. The van der Waals surface area contributed by atoms with E-state index in [1.807, 2.05) is 0 Å². The van der Waals surface area contributed by atoms with E-state index < -0.39 is 27.0 Å². The monoisotopic (exact) mass is 495 g/mol. The minimum absolute atomic E-state index is 0.0290. The highest BCUT2D eigenvalue weighted by molar-refractivity contribution is 7.53. The first-order valence-electron chi connectivity index (χ1n) is 10.2. The summed E-state index contributed by atoms with van der Waals surface area (Å²) in [4.78, 5) is 19.0. The number of aliphatic hydroxyl groups is 1. The maximum absolute atomic E-state index is 11.6. The van der Waals surface area contributed by atoms with Crippen LogP contribution in [0.5, 0.6) is 0 Å². The first-order chi connectivity index (χ1) is 14.6. The van der Waals surface area contributed by atoms with Gasteiger partial charge in [-0.1, -0.05) is 13.8 Å². The van der Waals surface area contributed by atoms with Gasteiger partial charge in [0.15, 0.2) is 0 Å². The van der Waals surface area contributed by atoms with Crippen molar-refractivity contribution in [3.63, 3.8) is 0 Å². The molecule has 0 spiro atoms. The molecular weight excluding hydrogens is 456 g/mol. The van der Waals surface area contributed by atoms with Crippen LogP contribution in [0.15, 0.2) is 0 Å². The highest BCUT2D eigenvalue weighted by Gasteiger charge is 2.23. The Balaban J connectivity index is 3.40. The maximum Gasteiger partial charge on any atom is 0.330 e. The van der Waals surface area contributed by atoms with Crippen molar-refractivity contribution in [3.8, 4) is 0 Å². The summed E-state index contributed by atoms with van der Waals surface area (Å²) in [6, 6.07) is 0. The number of nitrogens with one attached hydrogen (secondary N) is 1. The van der Waals surface area contributed by atoms with E-state index in [9.17, 15) is 24.0 Å². The molecule has 0 aliphatic carbocycles. The van der Waals surface area contributed by atoms with Crippen molar-refractivity contribution in [1.82, 2.24) is 5.32 Å². The molecule has 0 bridgehead atoms. The summed E-state index contributed by atoms with van der Waals surface area (Å²) in [5.74, 6) is 0. The van der Waals surface area contributed by atoms with E-state index in [1.165, 1.54) is 0 Å². The van der Waals surface area contributed by atoms with Gasteiger partial charge in [-0.3, -0.25) is 9.13 Å². The topological polar surface area (TPSA) is 162 Å². The third kappa shape index (κ3) is 19.3. The summed E-state index contributed by atoms with van der Waals surface area (Å²) in [5, 5.41) is 12.4. The molecule has 3 atom stereocenters.